The fourth-order valence-electron chi connectivity index (χ4n) is 3.40. The van der Waals surface area contributed by atoms with E-state index in [0.717, 1.165) is 17.9 Å². The minimum absolute atomic E-state index is 0.931. The monoisotopic (exact) mass is 323 g/mol. The van der Waals surface area contributed by atoms with Gasteiger partial charge in [-0.25, -0.2) is 0 Å². The number of rotatable bonds is 5. The van der Waals surface area contributed by atoms with Crippen molar-refractivity contribution in [3.05, 3.63) is 64.7 Å². The summed E-state index contributed by atoms with van der Waals surface area (Å²) in [6.07, 6.45) is 4.29. The number of benzene rings is 1. The number of aryl methyl sites for hydroxylation is 5. The lowest BCUT2D eigenvalue weighted by atomic mass is 10.1. The number of pyridine rings is 1. The summed E-state index contributed by atoms with van der Waals surface area (Å²) in [6, 6.07) is 8.58. The van der Waals surface area contributed by atoms with Gasteiger partial charge in [-0.3, -0.25) is 4.98 Å². The van der Waals surface area contributed by atoms with Gasteiger partial charge >= 0.3 is 0 Å². The Labute approximate surface area is 146 Å². The minimum atomic E-state index is 0.931. The Kier molecular flexibility index (Phi) is 5.66. The molecule has 0 radical (unpaired) electrons. The molecule has 0 aliphatic rings. The first-order valence-electron chi connectivity index (χ1n) is 8.54. The second-order valence-corrected chi connectivity index (χ2v) is 6.45. The first kappa shape index (κ1) is 18.1. The predicted molar refractivity (Wildman–Crippen MR) is 105 cm³/mol. The fourth-order valence-corrected chi connectivity index (χ4v) is 3.40. The smallest absolute Gasteiger partial charge is 0.0650 e. The van der Waals surface area contributed by atoms with Gasteiger partial charge in [0.2, 0.25) is 0 Å². The molecule has 3 nitrogen and oxygen atoms in total. The van der Waals surface area contributed by atoms with Crippen LogP contribution in [0.3, 0.4) is 0 Å². The van der Waals surface area contributed by atoms with E-state index in [1.54, 1.807) is 0 Å². The number of hydrogen-bond donors (Lipinski definition) is 0. The summed E-state index contributed by atoms with van der Waals surface area (Å²) in [5.41, 5.74) is 8.45. The Hall–Kier alpha value is -2.29. The maximum absolute atomic E-state index is 4.60. The van der Waals surface area contributed by atoms with Crippen molar-refractivity contribution in [2.45, 2.75) is 41.5 Å². The molecule has 0 N–H and O–H groups in total. The molecule has 0 amide bonds. The first-order valence-corrected chi connectivity index (χ1v) is 8.54. The molecule has 0 saturated carbocycles. The van der Waals surface area contributed by atoms with Gasteiger partial charge in [0.05, 0.1) is 11.4 Å². The third-order valence-electron chi connectivity index (χ3n) is 4.38. The average molecular weight is 323 g/mol. The molecule has 0 unspecified atom stereocenters. The molecule has 0 aliphatic heterocycles. The van der Waals surface area contributed by atoms with E-state index in [-0.39, 0.29) is 0 Å². The van der Waals surface area contributed by atoms with Crippen LogP contribution in [0.5, 0.6) is 0 Å². The van der Waals surface area contributed by atoms with Crippen molar-refractivity contribution in [3.8, 4) is 0 Å². The molecule has 1 aromatic carbocycles. The summed E-state index contributed by atoms with van der Waals surface area (Å²) in [6.45, 7) is 13.7. The fraction of sp³-hybridized carbons (Fsp3) is 0.381. The zero-order chi connectivity index (χ0) is 17.9. The normalized spacial score (nSPS) is 11.1. The number of hydrogen-bond acceptors (Lipinski definition) is 3. The Morgan fingerprint density at radius 3 is 2.08 bits per heavy atom. The molecule has 128 valence electrons. The van der Waals surface area contributed by atoms with Gasteiger partial charge in [-0.1, -0.05) is 18.2 Å². The second-order valence-electron chi connectivity index (χ2n) is 6.45. The molecule has 2 aromatic rings. The average Bonchev–Trinajstić information content (AvgIpc) is 2.49. The third kappa shape index (κ3) is 3.78. The highest BCUT2D eigenvalue weighted by Crippen LogP contribution is 2.26. The van der Waals surface area contributed by atoms with Crippen LogP contribution >= 0.6 is 0 Å². The molecule has 0 bridgehead atoms. The second kappa shape index (κ2) is 7.52. The summed E-state index contributed by atoms with van der Waals surface area (Å²) < 4.78 is 0. The lowest BCUT2D eigenvalue weighted by Gasteiger charge is -2.25. The van der Waals surface area contributed by atoms with Gasteiger partial charge in [0.1, 0.15) is 0 Å². The number of para-hydroxylation sites is 1. The molecule has 24 heavy (non-hydrogen) atoms. The van der Waals surface area contributed by atoms with Crippen molar-refractivity contribution in [3.63, 3.8) is 0 Å². The highest BCUT2D eigenvalue weighted by molar-refractivity contribution is 5.62. The molecule has 2 rings (SSSR count). The highest BCUT2D eigenvalue weighted by atomic mass is 15.2. The lowest BCUT2D eigenvalue weighted by Crippen LogP contribution is -2.20. The van der Waals surface area contributed by atoms with E-state index < -0.39 is 0 Å². The van der Waals surface area contributed by atoms with Crippen LogP contribution in [0.25, 0.3) is 0 Å². The van der Waals surface area contributed by atoms with Gasteiger partial charge in [0, 0.05) is 37.4 Å². The van der Waals surface area contributed by atoms with E-state index in [1.807, 2.05) is 6.92 Å². The van der Waals surface area contributed by atoms with Crippen molar-refractivity contribution in [2.24, 2.45) is 0 Å². The summed E-state index contributed by atoms with van der Waals surface area (Å²) in [5, 5.41) is 0. The van der Waals surface area contributed by atoms with Crippen LogP contribution in [-0.2, 0) is 0 Å². The lowest BCUT2D eigenvalue weighted by molar-refractivity contribution is 0.984. The molecule has 0 saturated heterocycles. The van der Waals surface area contributed by atoms with E-state index in [1.165, 1.54) is 28.1 Å². The van der Waals surface area contributed by atoms with E-state index in [4.69, 9.17) is 0 Å². The Bertz CT molecular complexity index is 703. The van der Waals surface area contributed by atoms with Crippen LogP contribution in [-0.4, -0.2) is 18.6 Å². The standard InChI is InChI=1S/C21H29N3/c1-8-24(20-15(2)10-9-11-16(20)3)13-12-23(7)21-17(4)14-18(5)22-19(21)6/h9-14H,8H2,1-7H3/b13-12-. The Balaban J connectivity index is 2.32. The maximum Gasteiger partial charge on any atom is 0.0650 e. The molecule has 0 atom stereocenters. The maximum atomic E-state index is 4.60. The van der Waals surface area contributed by atoms with Crippen molar-refractivity contribution in [2.75, 3.05) is 23.4 Å². The minimum Gasteiger partial charge on any atom is -0.348 e. The molecule has 1 heterocycles. The van der Waals surface area contributed by atoms with Crippen molar-refractivity contribution in [1.82, 2.24) is 4.98 Å². The number of nitrogens with zero attached hydrogens (tertiary/aromatic N) is 3. The molecule has 1 aromatic heterocycles. The predicted octanol–water partition coefficient (Wildman–Crippen LogP) is 5.06. The summed E-state index contributed by atoms with van der Waals surface area (Å²) >= 11 is 0. The van der Waals surface area contributed by atoms with Gasteiger partial charge in [0.25, 0.3) is 0 Å². The number of aromatic nitrogens is 1. The van der Waals surface area contributed by atoms with E-state index in [0.29, 0.717) is 0 Å². The molecule has 0 fully saturated rings. The van der Waals surface area contributed by atoms with Gasteiger partial charge in [-0.05, 0) is 64.3 Å². The van der Waals surface area contributed by atoms with Gasteiger partial charge in [-0.15, -0.1) is 0 Å². The molecule has 0 aliphatic carbocycles. The van der Waals surface area contributed by atoms with Crippen LogP contribution in [0, 0.1) is 34.6 Å². The van der Waals surface area contributed by atoms with Gasteiger partial charge in [-0.2, -0.15) is 0 Å². The van der Waals surface area contributed by atoms with E-state index >= 15 is 0 Å². The molecular weight excluding hydrogens is 294 g/mol. The van der Waals surface area contributed by atoms with Crippen LogP contribution in [0.4, 0.5) is 11.4 Å². The first-order chi connectivity index (χ1) is 11.3. The van der Waals surface area contributed by atoms with Gasteiger partial charge < -0.3 is 9.80 Å². The summed E-state index contributed by atoms with van der Waals surface area (Å²) in [5.74, 6) is 0. The van der Waals surface area contributed by atoms with Crippen LogP contribution in [0.2, 0.25) is 0 Å². The van der Waals surface area contributed by atoms with E-state index in [2.05, 4.69) is 93.1 Å². The Morgan fingerprint density at radius 2 is 1.54 bits per heavy atom. The quantitative estimate of drug-likeness (QED) is 0.767. The van der Waals surface area contributed by atoms with Crippen molar-refractivity contribution < 1.29 is 0 Å². The van der Waals surface area contributed by atoms with Crippen LogP contribution < -0.4 is 9.80 Å². The topological polar surface area (TPSA) is 19.4 Å². The zero-order valence-corrected chi connectivity index (χ0v) is 16.0. The third-order valence-corrected chi connectivity index (χ3v) is 4.38. The van der Waals surface area contributed by atoms with Crippen molar-refractivity contribution in [1.29, 1.82) is 0 Å². The van der Waals surface area contributed by atoms with Crippen LogP contribution in [0.15, 0.2) is 36.7 Å². The number of anilines is 2. The van der Waals surface area contributed by atoms with Crippen molar-refractivity contribution >= 4 is 11.4 Å². The van der Waals surface area contributed by atoms with E-state index in [9.17, 15) is 0 Å². The van der Waals surface area contributed by atoms with Gasteiger partial charge in [0.15, 0.2) is 0 Å². The van der Waals surface area contributed by atoms with Crippen LogP contribution in [0.1, 0.15) is 35.0 Å². The highest BCUT2D eigenvalue weighted by Gasteiger charge is 2.10. The summed E-state index contributed by atoms with van der Waals surface area (Å²) in [4.78, 5) is 9.06. The largest absolute Gasteiger partial charge is 0.348 e. The SMILES string of the molecule is CCN(/C=C\N(C)c1c(C)cc(C)nc1C)c1c(C)cccc1C. The molecule has 0 spiro atoms. The molecular formula is C21H29N3. The zero-order valence-electron chi connectivity index (χ0n) is 16.0. The molecule has 3 heteroatoms. The summed E-state index contributed by atoms with van der Waals surface area (Å²) in [7, 11) is 2.08. The Morgan fingerprint density at radius 1 is 0.917 bits per heavy atom.